The minimum atomic E-state index is -1.28. The van der Waals surface area contributed by atoms with Gasteiger partial charge in [-0.05, 0) is 24.6 Å². The molecule has 1 saturated heterocycles. The van der Waals surface area contributed by atoms with Gasteiger partial charge in [0.05, 0.1) is 18.0 Å². The number of benzene rings is 1. The van der Waals surface area contributed by atoms with Gasteiger partial charge >= 0.3 is 13.1 Å². The van der Waals surface area contributed by atoms with Gasteiger partial charge < -0.3 is 25.4 Å². The zero-order valence-corrected chi connectivity index (χ0v) is 16.8. The van der Waals surface area contributed by atoms with Gasteiger partial charge in [0.2, 0.25) is 5.91 Å². The number of para-hydroxylation sites is 1. The van der Waals surface area contributed by atoms with E-state index >= 15 is 0 Å². The van der Waals surface area contributed by atoms with E-state index in [-0.39, 0.29) is 23.8 Å². The number of piperazine rings is 1. The predicted molar refractivity (Wildman–Crippen MR) is 109 cm³/mol. The van der Waals surface area contributed by atoms with E-state index in [0.717, 1.165) is 45.8 Å². The van der Waals surface area contributed by atoms with Gasteiger partial charge in [-0.1, -0.05) is 19.1 Å². The molecule has 29 heavy (non-hydrogen) atoms. The summed E-state index contributed by atoms with van der Waals surface area (Å²) in [6.07, 6.45) is 0.321. The molecule has 4 N–H and O–H groups in total. The summed E-state index contributed by atoms with van der Waals surface area (Å²) in [6, 6.07) is 4.82. The quantitative estimate of drug-likeness (QED) is 0.324. The first-order chi connectivity index (χ1) is 14.0. The van der Waals surface area contributed by atoms with Crippen LogP contribution in [0.2, 0.25) is 0 Å². The number of aromatic carboxylic acids is 1. The van der Waals surface area contributed by atoms with Crippen LogP contribution < -0.4 is 15.3 Å². The molecule has 0 aliphatic carbocycles. The molecule has 0 unspecified atom stereocenters. The van der Waals surface area contributed by atoms with Crippen LogP contribution in [-0.2, 0) is 11.2 Å². The molecule has 2 heterocycles. The average Bonchev–Trinajstić information content (AvgIpc) is 2.69. The lowest BCUT2D eigenvalue weighted by Crippen LogP contribution is -2.56. The number of hydrogen-bond acceptors (Lipinski definition) is 7. The predicted octanol–water partition coefficient (Wildman–Crippen LogP) is -0.949. The van der Waals surface area contributed by atoms with Crippen molar-refractivity contribution < 1.29 is 24.4 Å². The number of nitrogens with zero attached hydrogens (tertiary/aromatic N) is 2. The minimum Gasteiger partial charge on any atom is -0.534 e. The second-order valence-electron chi connectivity index (χ2n) is 7.46. The standard InChI is InChI=1S/C19H29BN4O5/c1-2-21-6-7-23-8-10-24(11-9-23)13-17(25)22-16-12-14-4-3-5-15(19(26)27)18(14)29-20(16)28/h3-5,16,21,28H,2,6-13H2,1H3,(H,22,25)(H,26,27)/t16-/m0/s1. The molecular formula is C19H29BN4O5. The molecule has 158 valence electrons. The maximum Gasteiger partial charge on any atom is 0.547 e. The zero-order valence-electron chi connectivity index (χ0n) is 16.8. The summed E-state index contributed by atoms with van der Waals surface area (Å²) in [5.74, 6) is -1.72. The summed E-state index contributed by atoms with van der Waals surface area (Å²) in [5, 5.41) is 25.7. The lowest BCUT2D eigenvalue weighted by molar-refractivity contribution is -0.123. The summed E-state index contributed by atoms with van der Waals surface area (Å²) in [7, 11) is -1.28. The van der Waals surface area contributed by atoms with Crippen molar-refractivity contribution in [2.45, 2.75) is 19.3 Å². The van der Waals surface area contributed by atoms with Crippen molar-refractivity contribution in [3.05, 3.63) is 29.3 Å². The molecule has 9 nitrogen and oxygen atoms in total. The molecule has 2 aliphatic heterocycles. The van der Waals surface area contributed by atoms with Gasteiger partial charge in [-0.3, -0.25) is 14.6 Å². The van der Waals surface area contributed by atoms with Gasteiger partial charge in [0, 0.05) is 39.3 Å². The monoisotopic (exact) mass is 404 g/mol. The Morgan fingerprint density at radius 2 is 1.97 bits per heavy atom. The third-order valence-corrected chi connectivity index (χ3v) is 5.38. The van der Waals surface area contributed by atoms with E-state index in [0.29, 0.717) is 12.0 Å². The SMILES string of the molecule is CCNCCN1CCN(CC(=O)N[C@H]2Cc3cccc(C(=O)O)c3OB2O)CC1. The Hall–Kier alpha value is -2.14. The highest BCUT2D eigenvalue weighted by Gasteiger charge is 2.37. The number of carboxylic acids is 1. The van der Waals surface area contributed by atoms with Crippen LogP contribution >= 0.6 is 0 Å². The Bertz CT molecular complexity index is 727. The highest BCUT2D eigenvalue weighted by atomic mass is 16.5. The molecule has 10 heteroatoms. The Balaban J connectivity index is 1.48. The number of fused-ring (bicyclic) bond motifs is 1. The third kappa shape index (κ3) is 5.69. The van der Waals surface area contributed by atoms with E-state index in [2.05, 4.69) is 27.4 Å². The van der Waals surface area contributed by atoms with Crippen molar-refractivity contribution in [2.24, 2.45) is 0 Å². The van der Waals surface area contributed by atoms with Crippen molar-refractivity contribution in [3.8, 4) is 5.75 Å². The molecular weight excluding hydrogens is 375 g/mol. The second-order valence-corrected chi connectivity index (χ2v) is 7.46. The molecule has 0 saturated carbocycles. The van der Waals surface area contributed by atoms with Crippen LogP contribution in [0.1, 0.15) is 22.8 Å². The lowest BCUT2D eigenvalue weighted by Gasteiger charge is -2.35. The maximum absolute atomic E-state index is 12.5. The Morgan fingerprint density at radius 1 is 1.24 bits per heavy atom. The lowest BCUT2D eigenvalue weighted by atomic mass is 9.72. The van der Waals surface area contributed by atoms with E-state index in [1.54, 1.807) is 12.1 Å². The molecule has 1 amide bonds. The van der Waals surface area contributed by atoms with E-state index in [1.165, 1.54) is 6.07 Å². The van der Waals surface area contributed by atoms with E-state index in [4.69, 9.17) is 4.65 Å². The van der Waals surface area contributed by atoms with Gasteiger partial charge in [-0.15, -0.1) is 0 Å². The number of likely N-dealkylation sites (N-methyl/N-ethyl adjacent to an activating group) is 1. The molecule has 0 bridgehead atoms. The molecule has 0 aromatic heterocycles. The summed E-state index contributed by atoms with van der Waals surface area (Å²) >= 11 is 0. The van der Waals surface area contributed by atoms with Crippen LogP contribution in [0.3, 0.4) is 0 Å². The van der Waals surface area contributed by atoms with Crippen LogP contribution in [0.4, 0.5) is 0 Å². The van der Waals surface area contributed by atoms with Gasteiger partial charge in [-0.25, -0.2) is 4.79 Å². The van der Waals surface area contributed by atoms with Crippen molar-refractivity contribution in [1.29, 1.82) is 0 Å². The second kappa shape index (κ2) is 10.1. The highest BCUT2D eigenvalue weighted by Crippen LogP contribution is 2.30. The number of hydrogen-bond donors (Lipinski definition) is 4. The van der Waals surface area contributed by atoms with E-state index in [9.17, 15) is 19.7 Å². The maximum atomic E-state index is 12.5. The fourth-order valence-corrected chi connectivity index (χ4v) is 3.76. The first kappa shape index (κ1) is 21.6. The molecule has 3 rings (SSSR count). The number of rotatable bonds is 8. The molecule has 0 spiro atoms. The van der Waals surface area contributed by atoms with Crippen molar-refractivity contribution >= 4 is 19.0 Å². The van der Waals surface area contributed by atoms with E-state index in [1.807, 2.05) is 0 Å². The summed E-state index contributed by atoms with van der Waals surface area (Å²) in [5.41, 5.74) is 0.674. The van der Waals surface area contributed by atoms with Crippen LogP contribution in [0.25, 0.3) is 0 Å². The molecule has 2 aliphatic rings. The number of nitrogens with one attached hydrogen (secondary N) is 2. The Labute approximate surface area is 171 Å². The van der Waals surface area contributed by atoms with Crippen LogP contribution in [0.15, 0.2) is 18.2 Å². The molecule has 1 fully saturated rings. The zero-order chi connectivity index (χ0) is 20.8. The number of carbonyl (C=O) groups excluding carboxylic acids is 1. The van der Waals surface area contributed by atoms with Crippen LogP contribution in [0.5, 0.6) is 5.75 Å². The van der Waals surface area contributed by atoms with Crippen molar-refractivity contribution in [3.63, 3.8) is 0 Å². The molecule has 1 atom stereocenters. The van der Waals surface area contributed by atoms with Gasteiger partial charge in [-0.2, -0.15) is 0 Å². The topological polar surface area (TPSA) is 114 Å². The average molecular weight is 404 g/mol. The molecule has 0 radical (unpaired) electrons. The van der Waals surface area contributed by atoms with Gasteiger partial charge in [0.1, 0.15) is 5.75 Å². The largest absolute Gasteiger partial charge is 0.547 e. The fourth-order valence-electron chi connectivity index (χ4n) is 3.76. The summed E-state index contributed by atoms with van der Waals surface area (Å²) in [6.45, 7) is 8.83. The van der Waals surface area contributed by atoms with Crippen molar-refractivity contribution in [1.82, 2.24) is 20.4 Å². The molecule has 1 aromatic carbocycles. The summed E-state index contributed by atoms with van der Waals surface area (Å²) in [4.78, 5) is 28.3. The first-order valence-electron chi connectivity index (χ1n) is 10.1. The van der Waals surface area contributed by atoms with Crippen LogP contribution in [0, 0.1) is 0 Å². The first-order valence-corrected chi connectivity index (χ1v) is 10.1. The fraction of sp³-hybridized carbons (Fsp3) is 0.579. The van der Waals surface area contributed by atoms with E-state index < -0.39 is 19.0 Å². The number of amides is 1. The molecule has 1 aromatic rings. The third-order valence-electron chi connectivity index (χ3n) is 5.38. The minimum absolute atomic E-state index is 0.0123. The Kier molecular flexibility index (Phi) is 7.48. The normalized spacial score (nSPS) is 20.1. The highest BCUT2D eigenvalue weighted by molar-refractivity contribution is 6.47. The van der Waals surface area contributed by atoms with Gasteiger partial charge in [0.25, 0.3) is 0 Å². The smallest absolute Gasteiger partial charge is 0.534 e. The number of carbonyl (C=O) groups is 2. The van der Waals surface area contributed by atoms with Crippen molar-refractivity contribution in [2.75, 3.05) is 52.4 Å². The number of carboxylic acid groups (broad SMARTS) is 1. The van der Waals surface area contributed by atoms with Crippen LogP contribution in [-0.4, -0.2) is 97.2 Å². The summed E-state index contributed by atoms with van der Waals surface area (Å²) < 4.78 is 5.42. The van der Waals surface area contributed by atoms with Gasteiger partial charge in [0.15, 0.2) is 0 Å². The Morgan fingerprint density at radius 3 is 2.66 bits per heavy atom.